The summed E-state index contributed by atoms with van der Waals surface area (Å²) in [6.07, 6.45) is -0.133. The number of ether oxygens (including phenoxy) is 1. The SMILES string of the molecule is O=C(NCC1CCC(C(=O)O)O1)c1cccc(F)c1Br. The van der Waals surface area contributed by atoms with E-state index in [9.17, 15) is 14.0 Å². The van der Waals surface area contributed by atoms with E-state index in [4.69, 9.17) is 9.84 Å². The molecule has 2 unspecified atom stereocenters. The number of hydrogen-bond donors (Lipinski definition) is 2. The van der Waals surface area contributed by atoms with Crippen LogP contribution >= 0.6 is 15.9 Å². The van der Waals surface area contributed by atoms with Crippen molar-refractivity contribution in [1.82, 2.24) is 5.32 Å². The molecule has 0 aromatic heterocycles. The van der Waals surface area contributed by atoms with Crippen molar-refractivity contribution in [3.63, 3.8) is 0 Å². The summed E-state index contributed by atoms with van der Waals surface area (Å²) in [6, 6.07) is 4.19. The molecule has 1 aliphatic heterocycles. The molecule has 108 valence electrons. The van der Waals surface area contributed by atoms with Gasteiger partial charge < -0.3 is 15.2 Å². The third-order valence-electron chi connectivity index (χ3n) is 3.07. The molecule has 1 amide bonds. The number of hydrogen-bond acceptors (Lipinski definition) is 3. The van der Waals surface area contributed by atoms with E-state index < -0.39 is 23.8 Å². The Morgan fingerprint density at radius 1 is 1.45 bits per heavy atom. The Labute approximate surface area is 123 Å². The van der Waals surface area contributed by atoms with Gasteiger partial charge in [0.2, 0.25) is 0 Å². The first-order valence-corrected chi connectivity index (χ1v) is 6.89. The van der Waals surface area contributed by atoms with Crippen LogP contribution in [0.5, 0.6) is 0 Å². The molecule has 20 heavy (non-hydrogen) atoms. The first-order chi connectivity index (χ1) is 9.49. The predicted molar refractivity (Wildman–Crippen MR) is 72.0 cm³/mol. The summed E-state index contributed by atoms with van der Waals surface area (Å²) in [4.78, 5) is 22.6. The zero-order valence-electron chi connectivity index (χ0n) is 10.4. The summed E-state index contributed by atoms with van der Waals surface area (Å²) < 4.78 is 18.7. The van der Waals surface area contributed by atoms with E-state index in [0.29, 0.717) is 12.8 Å². The molecule has 2 atom stereocenters. The van der Waals surface area contributed by atoms with Gasteiger partial charge in [0, 0.05) is 6.54 Å². The zero-order valence-corrected chi connectivity index (χ0v) is 12.0. The highest BCUT2D eigenvalue weighted by atomic mass is 79.9. The maximum atomic E-state index is 13.3. The van der Waals surface area contributed by atoms with Gasteiger partial charge in [-0.1, -0.05) is 6.07 Å². The second-order valence-corrected chi connectivity index (χ2v) is 5.27. The molecule has 1 fully saturated rings. The fourth-order valence-corrected chi connectivity index (χ4v) is 2.46. The van der Waals surface area contributed by atoms with Crippen molar-refractivity contribution in [2.45, 2.75) is 25.0 Å². The van der Waals surface area contributed by atoms with Crippen molar-refractivity contribution in [2.24, 2.45) is 0 Å². The minimum absolute atomic E-state index is 0.105. The van der Waals surface area contributed by atoms with Crippen LogP contribution in [0.1, 0.15) is 23.2 Å². The smallest absolute Gasteiger partial charge is 0.332 e. The van der Waals surface area contributed by atoms with E-state index in [0.717, 1.165) is 0 Å². The molecule has 2 N–H and O–H groups in total. The number of nitrogens with one attached hydrogen (secondary N) is 1. The number of carbonyl (C=O) groups is 2. The van der Waals surface area contributed by atoms with E-state index in [2.05, 4.69) is 21.2 Å². The first-order valence-electron chi connectivity index (χ1n) is 6.09. The Morgan fingerprint density at radius 3 is 2.85 bits per heavy atom. The third kappa shape index (κ3) is 3.34. The minimum atomic E-state index is -0.994. The molecular formula is C13H13BrFNO4. The molecule has 1 aromatic carbocycles. The average molecular weight is 346 g/mol. The van der Waals surface area contributed by atoms with Gasteiger partial charge in [-0.25, -0.2) is 9.18 Å². The second kappa shape index (κ2) is 6.32. The summed E-state index contributed by atoms with van der Waals surface area (Å²) >= 11 is 3.02. The van der Waals surface area contributed by atoms with Crippen LogP contribution in [0.15, 0.2) is 22.7 Å². The van der Waals surface area contributed by atoms with Crippen LogP contribution < -0.4 is 5.32 Å². The van der Waals surface area contributed by atoms with Crippen LogP contribution in [0.25, 0.3) is 0 Å². The minimum Gasteiger partial charge on any atom is -0.479 e. The Bertz CT molecular complexity index is 537. The number of carboxylic acids is 1. The molecule has 2 rings (SSSR count). The number of carboxylic acid groups (broad SMARTS) is 1. The summed E-state index contributed by atoms with van der Waals surface area (Å²) in [6.45, 7) is 0.200. The molecule has 1 heterocycles. The Balaban J connectivity index is 1.90. The summed E-state index contributed by atoms with van der Waals surface area (Å²) in [5.41, 5.74) is 0.192. The van der Waals surface area contributed by atoms with E-state index >= 15 is 0 Å². The molecule has 0 spiro atoms. The predicted octanol–water partition coefficient (Wildman–Crippen LogP) is 1.95. The van der Waals surface area contributed by atoms with Crippen LogP contribution in [0.3, 0.4) is 0 Å². The van der Waals surface area contributed by atoms with Gasteiger partial charge in [0.25, 0.3) is 5.91 Å². The van der Waals surface area contributed by atoms with Gasteiger partial charge in [-0.15, -0.1) is 0 Å². The topological polar surface area (TPSA) is 75.6 Å². The van der Waals surface area contributed by atoms with Crippen molar-refractivity contribution >= 4 is 27.8 Å². The lowest BCUT2D eigenvalue weighted by atomic mass is 10.2. The lowest BCUT2D eigenvalue weighted by Crippen LogP contribution is -2.33. The maximum absolute atomic E-state index is 13.3. The van der Waals surface area contributed by atoms with Crippen LogP contribution in [-0.2, 0) is 9.53 Å². The Hall–Kier alpha value is -1.47. The van der Waals surface area contributed by atoms with Gasteiger partial charge in [0.1, 0.15) is 5.82 Å². The van der Waals surface area contributed by atoms with Crippen molar-refractivity contribution < 1.29 is 23.8 Å². The number of carbonyl (C=O) groups excluding carboxylic acids is 1. The normalized spacial score (nSPS) is 21.7. The van der Waals surface area contributed by atoms with Gasteiger partial charge in [0.15, 0.2) is 6.10 Å². The standard InChI is InChI=1S/C13H13BrFNO4/c14-11-8(2-1-3-9(11)15)12(17)16-6-7-4-5-10(20-7)13(18)19/h1-3,7,10H,4-6H2,(H,16,17)(H,18,19). The van der Waals surface area contributed by atoms with Crippen molar-refractivity contribution in [3.8, 4) is 0 Å². The molecule has 1 aliphatic rings. The van der Waals surface area contributed by atoms with Crippen LogP contribution in [0, 0.1) is 5.82 Å². The maximum Gasteiger partial charge on any atom is 0.332 e. The number of aliphatic carboxylic acids is 1. The van der Waals surface area contributed by atoms with Crippen molar-refractivity contribution in [3.05, 3.63) is 34.1 Å². The molecule has 5 nitrogen and oxygen atoms in total. The lowest BCUT2D eigenvalue weighted by molar-refractivity contribution is -0.149. The van der Waals surface area contributed by atoms with Crippen molar-refractivity contribution in [2.75, 3.05) is 6.54 Å². The van der Waals surface area contributed by atoms with Gasteiger partial charge in [-0.2, -0.15) is 0 Å². The zero-order chi connectivity index (χ0) is 14.7. The molecule has 0 saturated carbocycles. The quantitative estimate of drug-likeness (QED) is 0.874. The molecule has 1 aromatic rings. The Kier molecular flexibility index (Phi) is 4.72. The highest BCUT2D eigenvalue weighted by Gasteiger charge is 2.30. The van der Waals surface area contributed by atoms with Crippen LogP contribution in [0.4, 0.5) is 4.39 Å². The van der Waals surface area contributed by atoms with E-state index in [-0.39, 0.29) is 22.7 Å². The monoisotopic (exact) mass is 345 g/mol. The number of amides is 1. The van der Waals surface area contributed by atoms with Gasteiger partial charge in [-0.05, 0) is 40.9 Å². The van der Waals surface area contributed by atoms with Crippen molar-refractivity contribution in [1.29, 1.82) is 0 Å². The van der Waals surface area contributed by atoms with Gasteiger partial charge in [0.05, 0.1) is 16.1 Å². The fraction of sp³-hybridized carbons (Fsp3) is 0.385. The second-order valence-electron chi connectivity index (χ2n) is 4.47. The molecule has 0 bridgehead atoms. The molecule has 7 heteroatoms. The van der Waals surface area contributed by atoms with Gasteiger partial charge in [-0.3, -0.25) is 4.79 Å². The molecule has 0 aliphatic carbocycles. The van der Waals surface area contributed by atoms with Gasteiger partial charge >= 0.3 is 5.97 Å². The largest absolute Gasteiger partial charge is 0.479 e. The lowest BCUT2D eigenvalue weighted by Gasteiger charge is -2.13. The number of halogens is 2. The summed E-state index contributed by atoms with van der Waals surface area (Å²) in [5.74, 6) is -1.94. The molecule has 0 radical (unpaired) electrons. The highest BCUT2D eigenvalue weighted by molar-refractivity contribution is 9.10. The molecular weight excluding hydrogens is 333 g/mol. The summed E-state index contributed by atoms with van der Waals surface area (Å²) in [7, 11) is 0. The summed E-state index contributed by atoms with van der Waals surface area (Å²) in [5, 5.41) is 11.4. The van der Waals surface area contributed by atoms with E-state index in [1.807, 2.05) is 0 Å². The highest BCUT2D eigenvalue weighted by Crippen LogP contribution is 2.21. The number of rotatable bonds is 4. The first kappa shape index (κ1) is 14.9. The third-order valence-corrected chi connectivity index (χ3v) is 3.88. The van der Waals surface area contributed by atoms with E-state index in [1.54, 1.807) is 0 Å². The van der Waals surface area contributed by atoms with Crippen LogP contribution in [-0.4, -0.2) is 35.7 Å². The van der Waals surface area contributed by atoms with Crippen LogP contribution in [0.2, 0.25) is 0 Å². The van der Waals surface area contributed by atoms with E-state index in [1.165, 1.54) is 18.2 Å². The fourth-order valence-electron chi connectivity index (χ4n) is 2.02. The molecule has 1 saturated heterocycles. The average Bonchev–Trinajstić information content (AvgIpc) is 2.88. The number of benzene rings is 1. The Morgan fingerprint density at radius 2 is 2.20 bits per heavy atom.